The van der Waals surface area contributed by atoms with Crippen LogP contribution in [0.2, 0.25) is 15.1 Å². The Hall–Kier alpha value is -2.51. The van der Waals surface area contributed by atoms with E-state index in [0.29, 0.717) is 49.0 Å². The van der Waals surface area contributed by atoms with E-state index in [9.17, 15) is 9.90 Å². The number of hydrogen-bond donors (Lipinski definition) is 3. The number of aliphatic hydroxyl groups is 1. The molecule has 0 bridgehead atoms. The smallest absolute Gasteiger partial charge is 0.259 e. The fraction of sp³-hybridized carbons (Fsp3) is 0.143. The zero-order chi connectivity index (χ0) is 21.3. The third kappa shape index (κ3) is 4.04. The van der Waals surface area contributed by atoms with Crippen molar-refractivity contribution in [3.05, 3.63) is 69.3 Å². The highest BCUT2D eigenvalue weighted by molar-refractivity contribution is 6.42. The van der Waals surface area contributed by atoms with Crippen molar-refractivity contribution < 1.29 is 14.6 Å². The molecule has 9 heteroatoms. The molecule has 1 aliphatic heterocycles. The van der Waals surface area contributed by atoms with Gasteiger partial charge in [-0.05, 0) is 42.5 Å². The number of benzene rings is 2. The fourth-order valence-electron chi connectivity index (χ4n) is 3.14. The number of nitrogens with one attached hydrogen (secondary N) is 2. The lowest BCUT2D eigenvalue weighted by molar-refractivity contribution is 0.102. The summed E-state index contributed by atoms with van der Waals surface area (Å²) in [5.74, 6) is -0.0240. The molecule has 6 nitrogen and oxygen atoms in total. The Morgan fingerprint density at radius 3 is 2.73 bits per heavy atom. The molecule has 3 aromatic rings. The number of fused-ring (bicyclic) bond motifs is 1. The van der Waals surface area contributed by atoms with Gasteiger partial charge in [0, 0.05) is 17.4 Å². The van der Waals surface area contributed by atoms with Crippen LogP contribution in [0.25, 0.3) is 11.3 Å². The predicted octanol–water partition coefficient (Wildman–Crippen LogP) is 5.13. The van der Waals surface area contributed by atoms with E-state index >= 15 is 0 Å². The molecule has 0 aliphatic carbocycles. The fourth-order valence-corrected chi connectivity index (χ4v) is 3.66. The first-order chi connectivity index (χ1) is 14.5. The maximum atomic E-state index is 13.0. The number of hydrogen-bond acceptors (Lipinski definition) is 5. The van der Waals surface area contributed by atoms with Crippen LogP contribution in [0.1, 0.15) is 10.4 Å². The lowest BCUT2D eigenvalue weighted by Crippen LogP contribution is -2.35. The average molecular weight is 465 g/mol. The third-order valence-electron chi connectivity index (χ3n) is 4.59. The molecule has 0 fully saturated rings. The van der Waals surface area contributed by atoms with Gasteiger partial charge in [-0.15, -0.1) is 0 Å². The van der Waals surface area contributed by atoms with Gasteiger partial charge in [0.1, 0.15) is 6.61 Å². The Morgan fingerprint density at radius 1 is 1.17 bits per heavy atom. The number of aliphatic hydroxyl groups excluding tert-OH is 1. The number of aromatic nitrogens is 1. The molecule has 0 radical (unpaired) electrons. The summed E-state index contributed by atoms with van der Waals surface area (Å²) in [5, 5.41) is 16.8. The van der Waals surface area contributed by atoms with Crippen LogP contribution in [-0.4, -0.2) is 35.3 Å². The molecule has 1 amide bonds. The summed E-state index contributed by atoms with van der Waals surface area (Å²) in [4.78, 5) is 17.3. The maximum absolute atomic E-state index is 13.0. The molecule has 0 saturated heterocycles. The molecular weight excluding hydrogens is 449 g/mol. The molecule has 0 spiro atoms. The summed E-state index contributed by atoms with van der Waals surface area (Å²) in [5.41, 5.74) is 2.57. The number of ether oxygens (including phenoxy) is 1. The average Bonchev–Trinajstić information content (AvgIpc) is 2.75. The Balaban J connectivity index is 1.75. The Kier molecular flexibility index (Phi) is 6.01. The molecule has 2 heterocycles. The van der Waals surface area contributed by atoms with Crippen LogP contribution in [0, 0.1) is 0 Å². The number of rotatable bonds is 4. The van der Waals surface area contributed by atoms with Gasteiger partial charge in [-0.3, -0.25) is 9.78 Å². The first kappa shape index (κ1) is 20.8. The van der Waals surface area contributed by atoms with E-state index in [1.807, 2.05) is 0 Å². The molecule has 1 unspecified atom stereocenters. The van der Waals surface area contributed by atoms with Crippen molar-refractivity contribution in [2.45, 2.75) is 6.04 Å². The van der Waals surface area contributed by atoms with Crippen LogP contribution in [-0.2, 0) is 0 Å². The lowest BCUT2D eigenvalue weighted by Gasteiger charge is -2.29. The summed E-state index contributed by atoms with van der Waals surface area (Å²) in [6.07, 6.45) is 1.63. The van der Waals surface area contributed by atoms with Gasteiger partial charge >= 0.3 is 0 Å². The molecule has 1 aliphatic rings. The first-order valence-electron chi connectivity index (χ1n) is 9.02. The number of carbonyl (C=O) groups excluding carboxylic acids is 1. The van der Waals surface area contributed by atoms with Gasteiger partial charge in [0.15, 0.2) is 5.75 Å². The number of pyridine rings is 1. The Morgan fingerprint density at radius 2 is 2.00 bits per heavy atom. The van der Waals surface area contributed by atoms with Crippen molar-refractivity contribution in [3.8, 4) is 17.0 Å². The van der Waals surface area contributed by atoms with Crippen LogP contribution >= 0.6 is 34.8 Å². The summed E-state index contributed by atoms with van der Waals surface area (Å²) in [7, 11) is 0. The number of amides is 1. The number of nitrogens with zero attached hydrogens (tertiary/aromatic N) is 1. The van der Waals surface area contributed by atoms with Crippen LogP contribution in [0.4, 0.5) is 11.4 Å². The maximum Gasteiger partial charge on any atom is 0.259 e. The standard InChI is InChI=1S/C21H16Cl3N3O3/c22-15-6-3-11(8-17(15)24)27-21(29)14-5-4-13(18-16(23)2-1-7-25-18)19-20(14)30-10-12(9-28)26-19/h1-8,12,26,28H,9-10H2,(H,27,29). The van der Waals surface area contributed by atoms with Crippen molar-refractivity contribution >= 4 is 52.1 Å². The van der Waals surface area contributed by atoms with Crippen molar-refractivity contribution in [2.24, 2.45) is 0 Å². The number of carbonyl (C=O) groups is 1. The van der Waals surface area contributed by atoms with Crippen LogP contribution in [0.15, 0.2) is 48.7 Å². The quantitative estimate of drug-likeness (QED) is 0.499. The molecule has 0 saturated carbocycles. The van der Waals surface area contributed by atoms with E-state index in [2.05, 4.69) is 15.6 Å². The molecular formula is C21H16Cl3N3O3. The van der Waals surface area contributed by atoms with Gasteiger partial charge in [-0.2, -0.15) is 0 Å². The van der Waals surface area contributed by atoms with Crippen molar-refractivity contribution in [2.75, 3.05) is 23.8 Å². The number of anilines is 2. The highest BCUT2D eigenvalue weighted by Crippen LogP contribution is 2.42. The van der Waals surface area contributed by atoms with Gasteiger partial charge < -0.3 is 20.5 Å². The van der Waals surface area contributed by atoms with E-state index in [1.165, 1.54) is 0 Å². The SMILES string of the molecule is O=C(Nc1ccc(Cl)c(Cl)c1)c1ccc(-c2ncccc2Cl)c2c1OCC(CO)N2. The zero-order valence-electron chi connectivity index (χ0n) is 15.5. The van der Waals surface area contributed by atoms with Gasteiger partial charge in [0.05, 0.1) is 44.7 Å². The Bertz CT molecular complexity index is 1120. The van der Waals surface area contributed by atoms with Gasteiger partial charge in [0.2, 0.25) is 0 Å². The molecule has 1 aromatic heterocycles. The van der Waals surface area contributed by atoms with Crippen molar-refractivity contribution in [3.63, 3.8) is 0 Å². The molecule has 1 atom stereocenters. The minimum Gasteiger partial charge on any atom is -0.488 e. The molecule has 3 N–H and O–H groups in total. The van der Waals surface area contributed by atoms with E-state index in [4.69, 9.17) is 39.5 Å². The monoisotopic (exact) mass is 463 g/mol. The molecule has 30 heavy (non-hydrogen) atoms. The second-order valence-electron chi connectivity index (χ2n) is 6.62. The molecule has 154 valence electrons. The van der Waals surface area contributed by atoms with E-state index < -0.39 is 0 Å². The summed E-state index contributed by atoms with van der Waals surface area (Å²) < 4.78 is 5.86. The topological polar surface area (TPSA) is 83.5 Å². The first-order valence-corrected chi connectivity index (χ1v) is 10.2. The predicted molar refractivity (Wildman–Crippen MR) is 119 cm³/mol. The minimum atomic E-state index is -0.382. The minimum absolute atomic E-state index is 0.130. The van der Waals surface area contributed by atoms with Crippen LogP contribution in [0.3, 0.4) is 0 Å². The Labute approximate surface area is 187 Å². The van der Waals surface area contributed by atoms with Gasteiger partial charge in [-0.25, -0.2) is 0 Å². The molecule has 2 aromatic carbocycles. The highest BCUT2D eigenvalue weighted by atomic mass is 35.5. The van der Waals surface area contributed by atoms with Crippen LogP contribution in [0.5, 0.6) is 5.75 Å². The zero-order valence-corrected chi connectivity index (χ0v) is 17.7. The normalized spacial score (nSPS) is 15.0. The summed E-state index contributed by atoms with van der Waals surface area (Å²) >= 11 is 18.3. The molecule has 4 rings (SSSR count). The lowest BCUT2D eigenvalue weighted by atomic mass is 10.0. The van der Waals surface area contributed by atoms with E-state index in [0.717, 1.165) is 0 Å². The van der Waals surface area contributed by atoms with Crippen LogP contribution < -0.4 is 15.4 Å². The number of halogens is 3. The van der Waals surface area contributed by atoms with E-state index in [1.54, 1.807) is 48.7 Å². The van der Waals surface area contributed by atoms with E-state index in [-0.39, 0.29) is 25.2 Å². The second-order valence-corrected chi connectivity index (χ2v) is 7.84. The largest absolute Gasteiger partial charge is 0.488 e. The van der Waals surface area contributed by atoms with Crippen molar-refractivity contribution in [1.82, 2.24) is 4.98 Å². The summed E-state index contributed by atoms with van der Waals surface area (Å²) in [6.45, 7) is 0.0739. The highest BCUT2D eigenvalue weighted by Gasteiger charge is 2.28. The van der Waals surface area contributed by atoms with Gasteiger partial charge in [-0.1, -0.05) is 34.8 Å². The summed E-state index contributed by atoms with van der Waals surface area (Å²) in [6, 6.07) is 11.3. The van der Waals surface area contributed by atoms with Crippen molar-refractivity contribution in [1.29, 1.82) is 0 Å². The third-order valence-corrected chi connectivity index (χ3v) is 5.64. The second kappa shape index (κ2) is 8.70. The van der Waals surface area contributed by atoms with Gasteiger partial charge in [0.25, 0.3) is 5.91 Å².